The number of halogens is 2. The van der Waals surface area contributed by atoms with Crippen LogP contribution in [0, 0.1) is 5.82 Å². The summed E-state index contributed by atoms with van der Waals surface area (Å²) in [6, 6.07) is 8.99. The van der Waals surface area contributed by atoms with Crippen LogP contribution < -0.4 is 15.8 Å². The van der Waals surface area contributed by atoms with Gasteiger partial charge in [-0.3, -0.25) is 4.79 Å². The van der Waals surface area contributed by atoms with Gasteiger partial charge in [-0.25, -0.2) is 4.39 Å². The van der Waals surface area contributed by atoms with E-state index < -0.39 is 11.7 Å². The predicted molar refractivity (Wildman–Crippen MR) is 79.5 cm³/mol. The zero-order valence-electron chi connectivity index (χ0n) is 10.6. The fraction of sp³-hybridized carbons (Fsp3) is 0.0714. The summed E-state index contributed by atoms with van der Waals surface area (Å²) >= 11 is 3.26. The number of hydrogen-bond donors (Lipinski definition) is 2. The minimum Gasteiger partial charge on any atom is -0.497 e. The van der Waals surface area contributed by atoms with Crippen LogP contribution in [-0.2, 0) is 0 Å². The van der Waals surface area contributed by atoms with Gasteiger partial charge in [0.2, 0.25) is 0 Å². The van der Waals surface area contributed by atoms with Crippen molar-refractivity contribution >= 4 is 33.2 Å². The van der Waals surface area contributed by atoms with Gasteiger partial charge in [-0.1, -0.05) is 15.9 Å². The van der Waals surface area contributed by atoms with E-state index in [4.69, 9.17) is 10.5 Å². The first-order valence-electron chi connectivity index (χ1n) is 5.71. The van der Waals surface area contributed by atoms with Crippen LogP contribution in [-0.4, -0.2) is 13.0 Å². The maximum Gasteiger partial charge on any atom is 0.257 e. The maximum absolute atomic E-state index is 13.7. The topological polar surface area (TPSA) is 64.3 Å². The number of ether oxygens (including phenoxy) is 1. The van der Waals surface area contributed by atoms with Crippen molar-refractivity contribution in [1.82, 2.24) is 0 Å². The third-order valence-corrected chi connectivity index (χ3v) is 3.17. The first kappa shape index (κ1) is 14.3. The molecule has 6 heteroatoms. The minimum absolute atomic E-state index is 0.0359. The molecule has 0 bridgehead atoms. The average Bonchev–Trinajstić information content (AvgIpc) is 2.43. The van der Waals surface area contributed by atoms with E-state index in [1.54, 1.807) is 18.2 Å². The SMILES string of the molecule is COc1ccc(F)c(NC(=O)c2cc(Br)ccc2N)c1. The lowest BCUT2D eigenvalue weighted by molar-refractivity contribution is 0.102. The molecule has 0 unspecified atom stereocenters. The Morgan fingerprint density at radius 2 is 2.05 bits per heavy atom. The number of nitrogens with two attached hydrogens (primary N) is 1. The third-order valence-electron chi connectivity index (χ3n) is 2.68. The van der Waals surface area contributed by atoms with E-state index in [0.717, 1.165) is 0 Å². The molecule has 0 fully saturated rings. The molecule has 1 amide bonds. The highest BCUT2D eigenvalue weighted by molar-refractivity contribution is 9.10. The zero-order chi connectivity index (χ0) is 14.7. The van der Waals surface area contributed by atoms with Crippen molar-refractivity contribution in [3.8, 4) is 5.75 Å². The Bertz CT molecular complexity index is 662. The normalized spacial score (nSPS) is 10.2. The number of hydrogen-bond acceptors (Lipinski definition) is 3. The fourth-order valence-corrected chi connectivity index (χ4v) is 2.00. The van der Waals surface area contributed by atoms with Gasteiger partial charge in [0.15, 0.2) is 0 Å². The number of amides is 1. The molecule has 2 rings (SSSR count). The third kappa shape index (κ3) is 3.08. The van der Waals surface area contributed by atoms with Gasteiger partial charge < -0.3 is 15.8 Å². The van der Waals surface area contributed by atoms with Crippen LogP contribution in [0.2, 0.25) is 0 Å². The predicted octanol–water partition coefficient (Wildman–Crippen LogP) is 3.43. The van der Waals surface area contributed by atoms with Crippen molar-refractivity contribution in [2.45, 2.75) is 0 Å². The van der Waals surface area contributed by atoms with E-state index in [0.29, 0.717) is 15.9 Å². The number of methoxy groups -OCH3 is 1. The molecule has 0 aliphatic rings. The van der Waals surface area contributed by atoms with Crippen LogP contribution >= 0.6 is 15.9 Å². The monoisotopic (exact) mass is 338 g/mol. The molecule has 2 aromatic carbocycles. The molecule has 0 aliphatic heterocycles. The molecule has 0 atom stereocenters. The van der Waals surface area contributed by atoms with Gasteiger partial charge in [0.1, 0.15) is 11.6 Å². The highest BCUT2D eigenvalue weighted by Crippen LogP contribution is 2.24. The van der Waals surface area contributed by atoms with Crippen LogP contribution in [0.3, 0.4) is 0 Å². The molecule has 0 saturated carbocycles. The molecule has 3 N–H and O–H groups in total. The quantitative estimate of drug-likeness (QED) is 0.842. The molecule has 0 aromatic heterocycles. The van der Waals surface area contributed by atoms with Crippen LogP contribution in [0.1, 0.15) is 10.4 Å². The lowest BCUT2D eigenvalue weighted by Gasteiger charge is -2.10. The van der Waals surface area contributed by atoms with Crippen LogP contribution in [0.4, 0.5) is 15.8 Å². The molecule has 0 saturated heterocycles. The summed E-state index contributed by atoms with van der Waals surface area (Å²) in [7, 11) is 1.46. The van der Waals surface area contributed by atoms with Crippen molar-refractivity contribution in [3.63, 3.8) is 0 Å². The fourth-order valence-electron chi connectivity index (χ4n) is 1.64. The molecule has 2 aromatic rings. The van der Waals surface area contributed by atoms with Gasteiger partial charge in [-0.15, -0.1) is 0 Å². The van der Waals surface area contributed by atoms with Gasteiger partial charge >= 0.3 is 0 Å². The molecular formula is C14H12BrFN2O2. The molecule has 0 heterocycles. The van der Waals surface area contributed by atoms with Crippen molar-refractivity contribution in [3.05, 3.63) is 52.3 Å². The summed E-state index contributed by atoms with van der Waals surface area (Å²) < 4.78 is 19.4. The largest absolute Gasteiger partial charge is 0.497 e. The number of rotatable bonds is 3. The number of benzene rings is 2. The Kier molecular flexibility index (Phi) is 4.24. The number of nitrogens with one attached hydrogen (secondary N) is 1. The molecular weight excluding hydrogens is 327 g/mol. The lowest BCUT2D eigenvalue weighted by atomic mass is 10.1. The Morgan fingerprint density at radius 3 is 2.75 bits per heavy atom. The second-order valence-corrected chi connectivity index (χ2v) is 4.95. The zero-order valence-corrected chi connectivity index (χ0v) is 12.2. The van der Waals surface area contributed by atoms with E-state index >= 15 is 0 Å². The Morgan fingerprint density at radius 1 is 1.30 bits per heavy atom. The molecule has 4 nitrogen and oxygen atoms in total. The second kappa shape index (κ2) is 5.92. The lowest BCUT2D eigenvalue weighted by Crippen LogP contribution is -2.15. The van der Waals surface area contributed by atoms with E-state index in [9.17, 15) is 9.18 Å². The average molecular weight is 339 g/mol. The van der Waals surface area contributed by atoms with E-state index in [2.05, 4.69) is 21.2 Å². The number of carbonyl (C=O) groups is 1. The van der Waals surface area contributed by atoms with Gasteiger partial charge in [0.25, 0.3) is 5.91 Å². The van der Waals surface area contributed by atoms with Crippen molar-refractivity contribution < 1.29 is 13.9 Å². The first-order chi connectivity index (χ1) is 9.51. The van der Waals surface area contributed by atoms with E-state index in [1.807, 2.05) is 0 Å². The summed E-state index contributed by atoms with van der Waals surface area (Å²) in [6.07, 6.45) is 0. The molecule has 0 radical (unpaired) electrons. The Labute approximate surface area is 123 Å². The summed E-state index contributed by atoms with van der Waals surface area (Å²) in [4.78, 5) is 12.1. The standard InChI is InChI=1S/C14H12BrFN2O2/c1-20-9-3-4-11(16)13(7-9)18-14(19)10-6-8(15)2-5-12(10)17/h2-7H,17H2,1H3,(H,18,19). The molecule has 20 heavy (non-hydrogen) atoms. The van der Waals surface area contributed by atoms with Gasteiger partial charge in [-0.2, -0.15) is 0 Å². The van der Waals surface area contributed by atoms with Crippen LogP contribution in [0.5, 0.6) is 5.75 Å². The van der Waals surface area contributed by atoms with Crippen molar-refractivity contribution in [2.75, 3.05) is 18.2 Å². The van der Waals surface area contributed by atoms with E-state index in [1.165, 1.54) is 25.3 Å². The Balaban J connectivity index is 2.30. The highest BCUT2D eigenvalue weighted by Gasteiger charge is 2.13. The molecule has 104 valence electrons. The second-order valence-electron chi connectivity index (χ2n) is 4.03. The smallest absolute Gasteiger partial charge is 0.257 e. The number of carbonyl (C=O) groups excluding carboxylic acids is 1. The minimum atomic E-state index is -0.548. The summed E-state index contributed by atoms with van der Waals surface area (Å²) in [6.45, 7) is 0. The first-order valence-corrected chi connectivity index (χ1v) is 6.50. The van der Waals surface area contributed by atoms with Crippen LogP contribution in [0.25, 0.3) is 0 Å². The highest BCUT2D eigenvalue weighted by atomic mass is 79.9. The Hall–Kier alpha value is -2.08. The number of anilines is 2. The van der Waals surface area contributed by atoms with E-state index in [-0.39, 0.29) is 11.3 Å². The van der Waals surface area contributed by atoms with Gasteiger partial charge in [0, 0.05) is 16.2 Å². The summed E-state index contributed by atoms with van der Waals surface area (Å²) in [5.74, 6) is -0.590. The maximum atomic E-state index is 13.7. The van der Waals surface area contributed by atoms with Crippen molar-refractivity contribution in [1.29, 1.82) is 0 Å². The molecule has 0 aliphatic carbocycles. The summed E-state index contributed by atoms with van der Waals surface area (Å²) in [5, 5.41) is 2.47. The van der Waals surface area contributed by atoms with Crippen LogP contribution in [0.15, 0.2) is 40.9 Å². The molecule has 0 spiro atoms. The number of nitrogen functional groups attached to an aromatic ring is 1. The van der Waals surface area contributed by atoms with Gasteiger partial charge in [-0.05, 0) is 30.3 Å². The summed E-state index contributed by atoms with van der Waals surface area (Å²) in [5.41, 5.74) is 6.35. The van der Waals surface area contributed by atoms with Crippen molar-refractivity contribution in [2.24, 2.45) is 0 Å². The van der Waals surface area contributed by atoms with Gasteiger partial charge in [0.05, 0.1) is 18.4 Å².